The SMILES string of the molecule is CCOc1ccc(/C(O)=C2\C(=O)C(=O)N(c3nc(C)c(C)s3)C2c2cccc(OC)c2OC)cc1. The van der Waals surface area contributed by atoms with E-state index in [-0.39, 0.29) is 11.3 Å². The number of aromatic nitrogens is 1. The standard InChI is InChI=1S/C26H26N2O6S/c1-6-34-17-12-10-16(11-13-17)22(29)20-21(18-8-7-9-19(32-4)24(18)33-5)28(25(31)23(20)30)26-27-14(2)15(3)35-26/h7-13,21,29H,6H2,1-5H3/b22-20+. The maximum atomic E-state index is 13.4. The average molecular weight is 495 g/mol. The van der Waals surface area contributed by atoms with E-state index in [9.17, 15) is 14.7 Å². The number of amides is 1. The van der Waals surface area contributed by atoms with Crippen molar-refractivity contribution >= 4 is 33.9 Å². The molecule has 35 heavy (non-hydrogen) atoms. The van der Waals surface area contributed by atoms with Gasteiger partial charge in [-0.2, -0.15) is 0 Å². The van der Waals surface area contributed by atoms with Crippen LogP contribution in [0.3, 0.4) is 0 Å². The number of aliphatic hydroxyl groups is 1. The number of carbonyl (C=O) groups excluding carboxylic acids is 2. The molecular formula is C26H26N2O6S. The van der Waals surface area contributed by atoms with Crippen LogP contribution in [-0.4, -0.2) is 42.6 Å². The van der Waals surface area contributed by atoms with Crippen molar-refractivity contribution in [3.63, 3.8) is 0 Å². The summed E-state index contributed by atoms with van der Waals surface area (Å²) in [7, 11) is 2.99. The van der Waals surface area contributed by atoms with Crippen molar-refractivity contribution in [2.24, 2.45) is 0 Å². The van der Waals surface area contributed by atoms with Gasteiger partial charge in [0.25, 0.3) is 5.78 Å². The highest BCUT2D eigenvalue weighted by atomic mass is 32.1. The summed E-state index contributed by atoms with van der Waals surface area (Å²) >= 11 is 1.31. The number of rotatable bonds is 7. The Balaban J connectivity index is 1.97. The number of anilines is 1. The molecule has 0 aliphatic carbocycles. The molecule has 182 valence electrons. The molecule has 1 fully saturated rings. The lowest BCUT2D eigenvalue weighted by atomic mass is 9.94. The monoisotopic (exact) mass is 494 g/mol. The number of hydrogen-bond donors (Lipinski definition) is 1. The summed E-state index contributed by atoms with van der Waals surface area (Å²) in [5.41, 5.74) is 1.57. The Morgan fingerprint density at radius 3 is 2.37 bits per heavy atom. The highest BCUT2D eigenvalue weighted by Crippen LogP contribution is 2.48. The molecule has 4 rings (SSSR count). The molecule has 1 aromatic heterocycles. The number of ketones is 1. The van der Waals surface area contributed by atoms with E-state index in [2.05, 4.69) is 4.98 Å². The number of nitrogens with zero attached hydrogens (tertiary/aromatic N) is 2. The second kappa shape index (κ2) is 9.79. The highest BCUT2D eigenvalue weighted by Gasteiger charge is 2.49. The highest BCUT2D eigenvalue weighted by molar-refractivity contribution is 7.16. The van der Waals surface area contributed by atoms with Gasteiger partial charge in [0.15, 0.2) is 16.6 Å². The molecule has 1 aliphatic rings. The lowest BCUT2D eigenvalue weighted by Crippen LogP contribution is -2.29. The van der Waals surface area contributed by atoms with Crippen LogP contribution in [0.15, 0.2) is 48.0 Å². The van der Waals surface area contributed by atoms with Crippen molar-refractivity contribution in [3.8, 4) is 17.2 Å². The zero-order chi connectivity index (χ0) is 25.3. The maximum Gasteiger partial charge on any atom is 0.301 e. The molecule has 0 radical (unpaired) electrons. The van der Waals surface area contributed by atoms with Crippen LogP contribution in [0.2, 0.25) is 0 Å². The van der Waals surface area contributed by atoms with Crippen LogP contribution in [0.5, 0.6) is 17.2 Å². The van der Waals surface area contributed by atoms with Crippen molar-refractivity contribution in [1.82, 2.24) is 4.98 Å². The van der Waals surface area contributed by atoms with Gasteiger partial charge in [0, 0.05) is 16.0 Å². The fourth-order valence-electron chi connectivity index (χ4n) is 4.04. The van der Waals surface area contributed by atoms with Crippen LogP contribution in [0, 0.1) is 13.8 Å². The summed E-state index contributed by atoms with van der Waals surface area (Å²) < 4.78 is 16.6. The van der Waals surface area contributed by atoms with Gasteiger partial charge < -0.3 is 19.3 Å². The summed E-state index contributed by atoms with van der Waals surface area (Å²) in [5, 5.41) is 11.7. The number of aryl methyl sites for hydroxylation is 2. The van der Waals surface area contributed by atoms with Gasteiger partial charge in [-0.25, -0.2) is 4.98 Å². The van der Waals surface area contributed by atoms with E-state index in [1.165, 1.54) is 30.5 Å². The molecule has 1 N–H and O–H groups in total. The molecule has 9 heteroatoms. The molecule has 2 heterocycles. The summed E-state index contributed by atoms with van der Waals surface area (Å²) in [6.45, 7) is 6.11. The first-order valence-corrected chi connectivity index (χ1v) is 11.8. The minimum absolute atomic E-state index is 0.0591. The van der Waals surface area contributed by atoms with Crippen LogP contribution in [0.4, 0.5) is 5.13 Å². The van der Waals surface area contributed by atoms with E-state index in [0.717, 1.165) is 10.6 Å². The van der Waals surface area contributed by atoms with Crippen molar-refractivity contribution in [2.75, 3.05) is 25.7 Å². The number of hydrogen-bond acceptors (Lipinski definition) is 8. The zero-order valence-electron chi connectivity index (χ0n) is 20.1. The van der Waals surface area contributed by atoms with Crippen molar-refractivity contribution in [1.29, 1.82) is 0 Å². The van der Waals surface area contributed by atoms with Gasteiger partial charge in [-0.15, -0.1) is 11.3 Å². The lowest BCUT2D eigenvalue weighted by molar-refractivity contribution is -0.132. The molecule has 1 aliphatic heterocycles. The minimum atomic E-state index is -0.975. The third kappa shape index (κ3) is 4.23. The molecule has 0 bridgehead atoms. The van der Waals surface area contributed by atoms with E-state index in [4.69, 9.17) is 14.2 Å². The Kier molecular flexibility index (Phi) is 6.79. The Bertz CT molecular complexity index is 1290. The Morgan fingerprint density at radius 1 is 1.09 bits per heavy atom. The average Bonchev–Trinajstić information content (AvgIpc) is 3.33. The Labute approximate surface area is 207 Å². The fourth-order valence-corrected chi connectivity index (χ4v) is 4.98. The maximum absolute atomic E-state index is 13.4. The second-order valence-electron chi connectivity index (χ2n) is 7.85. The third-order valence-corrected chi connectivity index (χ3v) is 6.91. The van der Waals surface area contributed by atoms with E-state index < -0.39 is 17.7 Å². The largest absolute Gasteiger partial charge is 0.507 e. The number of thiazole rings is 1. The first-order valence-electron chi connectivity index (χ1n) is 11.0. The van der Waals surface area contributed by atoms with Gasteiger partial charge in [0.05, 0.1) is 32.1 Å². The van der Waals surface area contributed by atoms with Crippen LogP contribution in [-0.2, 0) is 9.59 Å². The van der Waals surface area contributed by atoms with E-state index in [0.29, 0.717) is 40.1 Å². The van der Waals surface area contributed by atoms with Gasteiger partial charge in [-0.05, 0) is 51.1 Å². The second-order valence-corrected chi connectivity index (χ2v) is 9.03. The molecule has 1 unspecified atom stereocenters. The lowest BCUT2D eigenvalue weighted by Gasteiger charge is -2.25. The van der Waals surface area contributed by atoms with Crippen molar-refractivity contribution < 1.29 is 28.9 Å². The smallest absolute Gasteiger partial charge is 0.301 e. The number of para-hydroxylation sites is 1. The van der Waals surface area contributed by atoms with Gasteiger partial charge in [-0.3, -0.25) is 14.5 Å². The van der Waals surface area contributed by atoms with Crippen molar-refractivity contribution in [3.05, 3.63) is 69.7 Å². The Morgan fingerprint density at radius 2 is 1.80 bits per heavy atom. The fraction of sp³-hybridized carbons (Fsp3) is 0.269. The number of carbonyl (C=O) groups is 2. The molecule has 0 spiro atoms. The number of Topliss-reactive ketones (excluding diaryl/α,β-unsaturated/α-hetero) is 1. The predicted octanol–water partition coefficient (Wildman–Crippen LogP) is 4.80. The quantitative estimate of drug-likeness (QED) is 0.286. The normalized spacial score (nSPS) is 17.1. The molecule has 1 saturated heterocycles. The van der Waals surface area contributed by atoms with Crippen LogP contribution in [0.25, 0.3) is 5.76 Å². The van der Waals surface area contributed by atoms with Gasteiger partial charge in [-0.1, -0.05) is 12.1 Å². The molecule has 0 saturated carbocycles. The van der Waals surface area contributed by atoms with Crippen LogP contribution >= 0.6 is 11.3 Å². The van der Waals surface area contributed by atoms with Crippen LogP contribution < -0.4 is 19.1 Å². The summed E-state index contributed by atoms with van der Waals surface area (Å²) in [5.74, 6) is -0.464. The van der Waals surface area contributed by atoms with E-state index >= 15 is 0 Å². The first kappa shape index (κ1) is 24.3. The summed E-state index contributed by atoms with van der Waals surface area (Å²) in [4.78, 5) is 33.5. The first-order chi connectivity index (χ1) is 16.8. The van der Waals surface area contributed by atoms with Gasteiger partial charge >= 0.3 is 5.91 Å². The molecular weight excluding hydrogens is 468 g/mol. The summed E-state index contributed by atoms with van der Waals surface area (Å²) in [6, 6.07) is 10.9. The number of benzene rings is 2. The number of aliphatic hydroxyl groups excluding tert-OH is 1. The van der Waals surface area contributed by atoms with Crippen molar-refractivity contribution in [2.45, 2.75) is 26.8 Å². The number of methoxy groups -OCH3 is 2. The van der Waals surface area contributed by atoms with E-state index in [1.54, 1.807) is 42.5 Å². The number of ether oxygens (including phenoxy) is 3. The molecule has 3 aromatic rings. The van der Waals surface area contributed by atoms with E-state index in [1.807, 2.05) is 20.8 Å². The third-order valence-electron chi connectivity index (χ3n) is 5.83. The van der Waals surface area contributed by atoms with Gasteiger partial charge in [0.1, 0.15) is 17.6 Å². The topological polar surface area (TPSA) is 98.2 Å². The molecule has 2 aromatic carbocycles. The Hall–Kier alpha value is -3.85. The van der Waals surface area contributed by atoms with Gasteiger partial charge in [0.2, 0.25) is 0 Å². The molecule has 1 amide bonds. The minimum Gasteiger partial charge on any atom is -0.507 e. The molecule has 8 nitrogen and oxygen atoms in total. The predicted molar refractivity (Wildman–Crippen MR) is 134 cm³/mol. The van der Waals surface area contributed by atoms with Crippen LogP contribution in [0.1, 0.15) is 34.7 Å². The molecule has 1 atom stereocenters. The summed E-state index contributed by atoms with van der Waals surface area (Å²) in [6.07, 6.45) is 0. The zero-order valence-corrected chi connectivity index (χ0v) is 20.9.